The van der Waals surface area contributed by atoms with Crippen LogP contribution in [0.3, 0.4) is 0 Å². The Morgan fingerprint density at radius 3 is 2.55 bits per heavy atom. The van der Waals surface area contributed by atoms with Crippen LogP contribution >= 0.6 is 11.6 Å². The van der Waals surface area contributed by atoms with Gasteiger partial charge in [0.05, 0.1) is 23.2 Å². The molecule has 0 spiro atoms. The Balaban J connectivity index is 1.55. The zero-order valence-corrected chi connectivity index (χ0v) is 19.6. The molecule has 0 saturated carbocycles. The maximum Gasteiger partial charge on any atom is 0.339 e. The van der Waals surface area contributed by atoms with Crippen molar-refractivity contribution in [3.05, 3.63) is 88.6 Å². The first-order valence-electron chi connectivity index (χ1n) is 10.4. The standard InChI is InChI=1S/C24H25ClN2O5S/c1-2-32-24(29)19-8-11-23(27-15-19)33(30,31)21-9-6-17(7-10-21)12-13-26-16-22(28)18-4-3-5-20(25)14-18/h3-11,14-15,22,26,28H,2,12-13,16H2,1H3. The van der Waals surface area contributed by atoms with Crippen molar-refractivity contribution in [2.45, 2.75) is 29.4 Å². The summed E-state index contributed by atoms with van der Waals surface area (Å²) < 4.78 is 30.5. The van der Waals surface area contributed by atoms with Crippen molar-refractivity contribution >= 4 is 27.4 Å². The quantitative estimate of drug-likeness (QED) is 0.331. The molecule has 2 N–H and O–H groups in total. The number of hydrogen-bond acceptors (Lipinski definition) is 7. The van der Waals surface area contributed by atoms with Gasteiger partial charge in [-0.2, -0.15) is 0 Å². The highest BCUT2D eigenvalue weighted by molar-refractivity contribution is 7.91. The SMILES string of the molecule is CCOC(=O)c1ccc(S(=O)(=O)c2ccc(CCNCC(O)c3cccc(Cl)c3)cc2)nc1. The van der Waals surface area contributed by atoms with E-state index in [1.807, 2.05) is 6.07 Å². The monoisotopic (exact) mass is 488 g/mol. The fourth-order valence-electron chi connectivity index (χ4n) is 3.13. The van der Waals surface area contributed by atoms with E-state index in [9.17, 15) is 18.3 Å². The van der Waals surface area contributed by atoms with Crippen LogP contribution < -0.4 is 5.32 Å². The van der Waals surface area contributed by atoms with Gasteiger partial charge in [0.2, 0.25) is 9.84 Å². The summed E-state index contributed by atoms with van der Waals surface area (Å²) >= 11 is 5.95. The molecule has 7 nitrogen and oxygen atoms in total. The molecule has 0 amide bonds. The van der Waals surface area contributed by atoms with Crippen molar-refractivity contribution in [1.82, 2.24) is 10.3 Å². The van der Waals surface area contributed by atoms with Crippen LogP contribution in [0.2, 0.25) is 5.02 Å². The topological polar surface area (TPSA) is 106 Å². The first kappa shape index (κ1) is 24.9. The Bertz CT molecular complexity index is 1180. The first-order chi connectivity index (χ1) is 15.8. The van der Waals surface area contributed by atoms with Crippen LogP contribution in [0, 0.1) is 0 Å². The summed E-state index contributed by atoms with van der Waals surface area (Å²) in [4.78, 5) is 15.8. The van der Waals surface area contributed by atoms with Gasteiger partial charge in [-0.05, 0) is 67.4 Å². The Morgan fingerprint density at radius 2 is 1.91 bits per heavy atom. The van der Waals surface area contributed by atoms with Gasteiger partial charge in [-0.25, -0.2) is 18.2 Å². The van der Waals surface area contributed by atoms with E-state index >= 15 is 0 Å². The third kappa shape index (κ3) is 6.61. The summed E-state index contributed by atoms with van der Waals surface area (Å²) in [5.74, 6) is -0.549. The lowest BCUT2D eigenvalue weighted by molar-refractivity contribution is 0.0525. The molecule has 0 radical (unpaired) electrons. The summed E-state index contributed by atoms with van der Waals surface area (Å²) in [5, 5.41) is 13.9. The van der Waals surface area contributed by atoms with E-state index in [0.29, 0.717) is 24.5 Å². The number of aliphatic hydroxyl groups excluding tert-OH is 1. The summed E-state index contributed by atoms with van der Waals surface area (Å²) in [6.07, 6.45) is 1.19. The number of carbonyl (C=O) groups excluding carboxylic acids is 1. The highest BCUT2D eigenvalue weighted by Gasteiger charge is 2.20. The minimum atomic E-state index is -3.80. The van der Waals surface area contributed by atoms with Gasteiger partial charge in [0.15, 0.2) is 5.03 Å². The number of nitrogens with one attached hydrogen (secondary N) is 1. The molecule has 33 heavy (non-hydrogen) atoms. The third-order valence-corrected chi connectivity index (χ3v) is 6.84. The van der Waals surface area contributed by atoms with Gasteiger partial charge in [-0.1, -0.05) is 35.9 Å². The molecule has 0 aliphatic carbocycles. The van der Waals surface area contributed by atoms with Crippen LogP contribution in [0.1, 0.15) is 34.5 Å². The third-order valence-electron chi connectivity index (χ3n) is 4.92. The predicted octanol–water partition coefficient (Wildman–Crippen LogP) is 3.61. The maximum atomic E-state index is 12.8. The van der Waals surface area contributed by atoms with Crippen LogP contribution in [0.4, 0.5) is 0 Å². The average molecular weight is 489 g/mol. The molecular weight excluding hydrogens is 464 g/mol. The second-order valence-corrected chi connectivity index (χ2v) is 9.61. The van der Waals surface area contributed by atoms with E-state index in [1.165, 1.54) is 30.5 Å². The summed E-state index contributed by atoms with van der Waals surface area (Å²) in [6, 6.07) is 16.3. The number of sulfone groups is 1. The maximum absolute atomic E-state index is 12.8. The van der Waals surface area contributed by atoms with Crippen molar-refractivity contribution in [1.29, 1.82) is 0 Å². The van der Waals surface area contributed by atoms with Gasteiger partial charge in [-0.3, -0.25) is 0 Å². The molecule has 1 aromatic heterocycles. The molecule has 9 heteroatoms. The lowest BCUT2D eigenvalue weighted by Gasteiger charge is -2.12. The van der Waals surface area contributed by atoms with Gasteiger partial charge >= 0.3 is 5.97 Å². The fourth-order valence-corrected chi connectivity index (χ4v) is 4.51. The van der Waals surface area contributed by atoms with Crippen LogP contribution in [-0.4, -0.2) is 44.2 Å². The minimum absolute atomic E-state index is 0.118. The molecular formula is C24H25ClN2O5S. The molecule has 0 bridgehead atoms. The zero-order valence-electron chi connectivity index (χ0n) is 18.1. The van der Waals surface area contributed by atoms with E-state index in [1.54, 1.807) is 37.3 Å². The van der Waals surface area contributed by atoms with E-state index in [0.717, 1.165) is 11.1 Å². The number of halogens is 1. The molecule has 0 saturated heterocycles. The number of pyridine rings is 1. The number of aromatic nitrogens is 1. The van der Waals surface area contributed by atoms with E-state index in [4.69, 9.17) is 16.3 Å². The molecule has 2 aromatic carbocycles. The van der Waals surface area contributed by atoms with Crippen molar-refractivity contribution in [3.63, 3.8) is 0 Å². The van der Waals surface area contributed by atoms with Gasteiger partial charge in [0, 0.05) is 17.8 Å². The van der Waals surface area contributed by atoms with Crippen molar-refractivity contribution < 1.29 is 23.1 Å². The van der Waals surface area contributed by atoms with E-state index in [-0.39, 0.29) is 22.1 Å². The number of ether oxygens (including phenoxy) is 1. The number of aliphatic hydroxyl groups is 1. The van der Waals surface area contributed by atoms with E-state index < -0.39 is 21.9 Å². The zero-order chi connectivity index (χ0) is 23.8. The normalized spacial score (nSPS) is 12.3. The highest BCUT2D eigenvalue weighted by Crippen LogP contribution is 2.20. The predicted molar refractivity (Wildman–Crippen MR) is 125 cm³/mol. The molecule has 1 atom stereocenters. The number of nitrogens with zero attached hydrogens (tertiary/aromatic N) is 1. The van der Waals surface area contributed by atoms with Gasteiger partial charge < -0.3 is 15.2 Å². The summed E-state index contributed by atoms with van der Waals surface area (Å²) in [7, 11) is -3.80. The smallest absolute Gasteiger partial charge is 0.339 e. The Kier molecular flexibility index (Phi) is 8.57. The van der Waals surface area contributed by atoms with Gasteiger partial charge in [-0.15, -0.1) is 0 Å². The molecule has 1 unspecified atom stereocenters. The highest BCUT2D eigenvalue weighted by atomic mass is 35.5. The molecule has 0 aliphatic rings. The van der Waals surface area contributed by atoms with Crippen molar-refractivity contribution in [2.75, 3.05) is 19.7 Å². The van der Waals surface area contributed by atoms with Crippen molar-refractivity contribution in [3.8, 4) is 0 Å². The van der Waals surface area contributed by atoms with Crippen LogP contribution in [0.5, 0.6) is 0 Å². The Hall–Kier alpha value is -2.78. The average Bonchev–Trinajstić information content (AvgIpc) is 2.82. The molecule has 174 valence electrons. The second-order valence-electron chi connectivity index (χ2n) is 7.28. The lowest BCUT2D eigenvalue weighted by atomic mass is 10.1. The molecule has 0 fully saturated rings. The largest absolute Gasteiger partial charge is 0.462 e. The second kappa shape index (κ2) is 11.4. The number of esters is 1. The van der Waals surface area contributed by atoms with E-state index in [2.05, 4.69) is 10.3 Å². The lowest BCUT2D eigenvalue weighted by Crippen LogP contribution is -2.23. The van der Waals surface area contributed by atoms with Crippen molar-refractivity contribution in [2.24, 2.45) is 0 Å². The van der Waals surface area contributed by atoms with Gasteiger partial charge in [0.25, 0.3) is 0 Å². The van der Waals surface area contributed by atoms with Crippen LogP contribution in [-0.2, 0) is 21.0 Å². The fraction of sp³-hybridized carbons (Fsp3) is 0.250. The minimum Gasteiger partial charge on any atom is -0.462 e. The number of hydrogen-bond donors (Lipinski definition) is 2. The molecule has 0 aliphatic heterocycles. The number of benzene rings is 2. The summed E-state index contributed by atoms with van der Waals surface area (Å²) in [5.41, 5.74) is 1.89. The molecule has 1 heterocycles. The Morgan fingerprint density at radius 1 is 1.15 bits per heavy atom. The number of carbonyl (C=O) groups is 1. The number of rotatable bonds is 10. The summed E-state index contributed by atoms with van der Waals surface area (Å²) in [6.45, 7) is 2.90. The van der Waals surface area contributed by atoms with Gasteiger partial charge in [0.1, 0.15) is 0 Å². The Labute approximate surface area is 198 Å². The first-order valence-corrected chi connectivity index (χ1v) is 12.3. The van der Waals surface area contributed by atoms with Crippen LogP contribution in [0.15, 0.2) is 76.8 Å². The molecule has 3 rings (SSSR count). The van der Waals surface area contributed by atoms with Crippen LogP contribution in [0.25, 0.3) is 0 Å². The molecule has 3 aromatic rings.